The van der Waals surface area contributed by atoms with Gasteiger partial charge in [-0.15, -0.1) is 0 Å². The molecule has 4 saturated carbocycles. The van der Waals surface area contributed by atoms with Crippen LogP contribution in [0.5, 0.6) is 0 Å². The Morgan fingerprint density at radius 1 is 0.941 bits per heavy atom. The summed E-state index contributed by atoms with van der Waals surface area (Å²) in [6, 6.07) is 0. The van der Waals surface area contributed by atoms with Gasteiger partial charge in [0.15, 0.2) is 0 Å². The molecule has 5 aliphatic rings. The summed E-state index contributed by atoms with van der Waals surface area (Å²) in [5.74, 6) is 0.243. The topological polar surface area (TPSA) is 77.8 Å². The fourth-order valence-electron chi connectivity index (χ4n) is 10.7. The molecule has 4 nitrogen and oxygen atoms in total. The van der Waals surface area contributed by atoms with Crippen molar-refractivity contribution in [3.05, 3.63) is 11.6 Å². The van der Waals surface area contributed by atoms with E-state index in [0.29, 0.717) is 12.3 Å². The van der Waals surface area contributed by atoms with Crippen molar-refractivity contribution >= 4 is 5.97 Å². The van der Waals surface area contributed by atoms with Gasteiger partial charge in [-0.1, -0.05) is 53.2 Å². The molecular weight excluding hydrogens is 424 g/mol. The first kappa shape index (κ1) is 24.8. The molecule has 4 fully saturated rings. The van der Waals surface area contributed by atoms with Crippen molar-refractivity contribution in [1.82, 2.24) is 0 Å². The maximum atomic E-state index is 13.5. The number of aliphatic hydroxyl groups is 2. The molecule has 0 bridgehead atoms. The Balaban J connectivity index is 1.64. The van der Waals surface area contributed by atoms with Gasteiger partial charge in [0.1, 0.15) is 0 Å². The third-order valence-corrected chi connectivity index (χ3v) is 13.0. The fraction of sp³-hybridized carbons (Fsp3) is 0.900. The molecule has 3 unspecified atom stereocenters. The van der Waals surface area contributed by atoms with Crippen LogP contribution in [0.25, 0.3) is 0 Å². The first-order valence-electron chi connectivity index (χ1n) is 13.9. The summed E-state index contributed by atoms with van der Waals surface area (Å²) < 4.78 is 0. The molecule has 0 saturated heterocycles. The van der Waals surface area contributed by atoms with E-state index in [2.05, 4.69) is 47.6 Å². The molecular formula is C30H48O4. The Labute approximate surface area is 206 Å². The maximum Gasteiger partial charge on any atom is 0.314 e. The molecule has 34 heavy (non-hydrogen) atoms. The number of fused-ring (bicyclic) bond motifs is 7. The molecule has 0 heterocycles. The lowest BCUT2D eigenvalue weighted by atomic mass is 9.33. The van der Waals surface area contributed by atoms with E-state index in [0.717, 1.165) is 44.9 Å². The first-order chi connectivity index (χ1) is 15.7. The highest BCUT2D eigenvalue weighted by molar-refractivity contribution is 5.81. The Morgan fingerprint density at radius 2 is 1.62 bits per heavy atom. The van der Waals surface area contributed by atoms with Crippen molar-refractivity contribution in [3.8, 4) is 0 Å². The second-order valence-corrected chi connectivity index (χ2v) is 15.0. The van der Waals surface area contributed by atoms with Crippen molar-refractivity contribution in [2.75, 3.05) is 6.61 Å². The van der Waals surface area contributed by atoms with Gasteiger partial charge in [-0.2, -0.15) is 0 Å². The smallest absolute Gasteiger partial charge is 0.314 e. The van der Waals surface area contributed by atoms with Crippen LogP contribution < -0.4 is 0 Å². The van der Waals surface area contributed by atoms with E-state index in [1.165, 1.54) is 18.4 Å². The lowest BCUT2D eigenvalue weighted by Gasteiger charge is -2.70. The zero-order chi connectivity index (χ0) is 24.9. The number of carboxylic acid groups (broad SMARTS) is 1. The second kappa shape index (κ2) is 7.34. The lowest BCUT2D eigenvalue weighted by molar-refractivity contribution is -0.222. The minimum atomic E-state index is -0.785. The zero-order valence-electron chi connectivity index (χ0n) is 22.4. The van der Waals surface area contributed by atoms with Crippen LogP contribution in [0.2, 0.25) is 0 Å². The molecule has 0 amide bonds. The number of carboxylic acids is 1. The first-order valence-corrected chi connectivity index (χ1v) is 13.9. The number of aliphatic hydroxyl groups excluding tert-OH is 2. The van der Waals surface area contributed by atoms with E-state index in [1.807, 2.05) is 0 Å². The highest BCUT2D eigenvalue weighted by Gasteiger charge is 2.72. The Hall–Kier alpha value is -0.870. The van der Waals surface area contributed by atoms with Crippen LogP contribution in [0.1, 0.15) is 106 Å². The Bertz CT molecular complexity index is 907. The maximum absolute atomic E-state index is 13.5. The summed E-state index contributed by atoms with van der Waals surface area (Å²) in [5.41, 5.74) is 0.0886. The molecule has 5 rings (SSSR count). The standard InChI is InChI=1S/C30H48O4/c1-25(2)13-14-26(3)15-16-30(24(33)34)19(20(26)17-25)7-8-22-27(4)11-10-23(32)28(5,18-31)21(27)9-12-29(22,30)6/h7,20-23,31-32H,8-18H2,1-6H3,(H,33,34)/t20?,21?,22?,23-,26-,27+,28+,29-,30+/m1/s1. The zero-order valence-corrected chi connectivity index (χ0v) is 22.4. The summed E-state index contributed by atoms with van der Waals surface area (Å²) >= 11 is 0. The van der Waals surface area contributed by atoms with Gasteiger partial charge in [0.05, 0.1) is 18.1 Å². The van der Waals surface area contributed by atoms with Gasteiger partial charge >= 0.3 is 5.97 Å². The number of allylic oxidation sites excluding steroid dienone is 1. The van der Waals surface area contributed by atoms with Crippen LogP contribution in [0.15, 0.2) is 11.6 Å². The third kappa shape index (κ3) is 2.88. The van der Waals surface area contributed by atoms with Crippen LogP contribution in [0, 0.1) is 50.2 Å². The minimum absolute atomic E-state index is 0.00146. The summed E-state index contributed by atoms with van der Waals surface area (Å²) in [5, 5.41) is 32.4. The Kier molecular flexibility index (Phi) is 5.36. The van der Waals surface area contributed by atoms with Crippen molar-refractivity contribution in [2.45, 2.75) is 112 Å². The number of carbonyl (C=O) groups is 1. The summed E-state index contributed by atoms with van der Waals surface area (Å²) in [6.45, 7) is 13.9. The van der Waals surface area contributed by atoms with Crippen LogP contribution in [0.4, 0.5) is 0 Å². The second-order valence-electron chi connectivity index (χ2n) is 15.0. The average Bonchev–Trinajstić information content (AvgIpc) is 2.76. The summed E-state index contributed by atoms with van der Waals surface area (Å²) in [6.07, 6.45) is 11.5. The van der Waals surface area contributed by atoms with Gasteiger partial charge in [-0.25, -0.2) is 0 Å². The van der Waals surface area contributed by atoms with Gasteiger partial charge in [0.2, 0.25) is 0 Å². The molecule has 0 aromatic heterocycles. The van der Waals surface area contributed by atoms with Gasteiger partial charge < -0.3 is 15.3 Å². The lowest BCUT2D eigenvalue weighted by Crippen LogP contribution is -2.67. The van der Waals surface area contributed by atoms with Crippen molar-refractivity contribution < 1.29 is 20.1 Å². The molecule has 0 aromatic carbocycles. The molecule has 5 aliphatic carbocycles. The number of hydrogen-bond donors (Lipinski definition) is 3. The molecule has 9 atom stereocenters. The van der Waals surface area contributed by atoms with E-state index < -0.39 is 22.9 Å². The molecule has 192 valence electrons. The fourth-order valence-corrected chi connectivity index (χ4v) is 10.7. The summed E-state index contributed by atoms with van der Waals surface area (Å²) in [4.78, 5) is 13.5. The van der Waals surface area contributed by atoms with Gasteiger partial charge in [-0.05, 0) is 104 Å². The van der Waals surface area contributed by atoms with E-state index in [-0.39, 0.29) is 40.1 Å². The minimum Gasteiger partial charge on any atom is -0.481 e. The normalized spacial score (nSPS) is 54.1. The van der Waals surface area contributed by atoms with E-state index in [9.17, 15) is 20.1 Å². The Morgan fingerprint density at radius 3 is 2.26 bits per heavy atom. The van der Waals surface area contributed by atoms with Crippen LogP contribution >= 0.6 is 0 Å². The third-order valence-electron chi connectivity index (χ3n) is 13.0. The van der Waals surface area contributed by atoms with Crippen LogP contribution in [-0.4, -0.2) is 34.0 Å². The molecule has 0 spiro atoms. The predicted molar refractivity (Wildman–Crippen MR) is 134 cm³/mol. The molecule has 0 aliphatic heterocycles. The molecule has 0 aromatic rings. The number of hydrogen-bond acceptors (Lipinski definition) is 3. The predicted octanol–water partition coefficient (Wildman–Crippen LogP) is 6.21. The van der Waals surface area contributed by atoms with Crippen LogP contribution in [0.3, 0.4) is 0 Å². The van der Waals surface area contributed by atoms with Crippen LogP contribution in [-0.2, 0) is 4.79 Å². The molecule has 3 N–H and O–H groups in total. The highest BCUT2D eigenvalue weighted by Crippen LogP contribution is 2.75. The quantitative estimate of drug-likeness (QED) is 0.418. The van der Waals surface area contributed by atoms with Gasteiger partial charge in [0.25, 0.3) is 0 Å². The van der Waals surface area contributed by atoms with E-state index in [1.54, 1.807) is 0 Å². The van der Waals surface area contributed by atoms with Crippen molar-refractivity contribution in [3.63, 3.8) is 0 Å². The van der Waals surface area contributed by atoms with Crippen molar-refractivity contribution in [1.29, 1.82) is 0 Å². The van der Waals surface area contributed by atoms with E-state index >= 15 is 0 Å². The highest BCUT2D eigenvalue weighted by atomic mass is 16.4. The number of rotatable bonds is 2. The SMILES string of the molecule is CC1(C)CC[C@]2(C)CC[C@@]3(C(=O)O)C(=CCC4[C@@]5(C)CC[C@@H](O)[C@@](C)(CO)C5CC[C@]43C)C2C1. The monoisotopic (exact) mass is 472 g/mol. The molecule has 0 radical (unpaired) electrons. The van der Waals surface area contributed by atoms with Gasteiger partial charge in [-0.3, -0.25) is 4.79 Å². The van der Waals surface area contributed by atoms with E-state index in [4.69, 9.17) is 0 Å². The van der Waals surface area contributed by atoms with Gasteiger partial charge in [0, 0.05) is 5.41 Å². The van der Waals surface area contributed by atoms with Crippen molar-refractivity contribution in [2.24, 2.45) is 50.2 Å². The summed E-state index contributed by atoms with van der Waals surface area (Å²) in [7, 11) is 0. The number of aliphatic carboxylic acids is 1. The largest absolute Gasteiger partial charge is 0.481 e. The average molecular weight is 473 g/mol. The molecule has 4 heteroatoms.